The monoisotopic (exact) mass is 400 g/mol. The average molecular weight is 401 g/mol. The number of hydrogen-bond acceptors (Lipinski definition) is 4. The predicted molar refractivity (Wildman–Crippen MR) is 108 cm³/mol. The number of Topliss-reactive ketones (excluding diaryl/α,β-unsaturated/α-hetero) is 1. The number of methoxy groups -OCH3 is 1. The minimum Gasteiger partial charge on any atom is -0.465 e. The summed E-state index contributed by atoms with van der Waals surface area (Å²) >= 11 is 11.2. The number of ether oxygens (including phenoxy) is 1. The van der Waals surface area contributed by atoms with E-state index < -0.39 is 12.0 Å². The van der Waals surface area contributed by atoms with Gasteiger partial charge in [-0.1, -0.05) is 23.7 Å². The summed E-state index contributed by atoms with van der Waals surface area (Å²) < 4.78 is 4.72. The van der Waals surface area contributed by atoms with Crippen molar-refractivity contribution in [2.45, 2.75) is 13.0 Å². The second-order valence-corrected chi connectivity index (χ2v) is 6.86. The smallest absolute Gasteiger partial charge is 0.337 e. The number of benzene rings is 2. The van der Waals surface area contributed by atoms with Crippen LogP contribution in [0.15, 0.2) is 59.8 Å². The van der Waals surface area contributed by atoms with Crippen molar-refractivity contribution in [2.75, 3.05) is 7.11 Å². The van der Waals surface area contributed by atoms with Gasteiger partial charge in [-0.15, -0.1) is 0 Å². The first kappa shape index (κ1) is 19.1. The standard InChI is InChI=1S/C20H17ClN2O3S/c1-11-16(18(24)13-7-9-15(21)10-8-13)17(23-20(27)22-11)12-3-5-14(6-4-12)19(25)26-2/h3-10,17H,1-2H3,(H2,22,23,27)/t17-/m0/s1. The van der Waals surface area contributed by atoms with Gasteiger partial charge in [0, 0.05) is 21.9 Å². The molecular weight excluding hydrogens is 384 g/mol. The molecule has 0 unspecified atom stereocenters. The van der Waals surface area contributed by atoms with E-state index in [9.17, 15) is 9.59 Å². The predicted octanol–water partition coefficient (Wildman–Crippen LogP) is 3.80. The van der Waals surface area contributed by atoms with Crippen LogP contribution in [0.25, 0.3) is 0 Å². The van der Waals surface area contributed by atoms with Crippen molar-refractivity contribution in [1.29, 1.82) is 0 Å². The highest BCUT2D eigenvalue weighted by molar-refractivity contribution is 7.80. The number of nitrogens with one attached hydrogen (secondary N) is 2. The molecule has 0 aromatic heterocycles. The molecule has 0 fully saturated rings. The molecule has 3 rings (SSSR count). The lowest BCUT2D eigenvalue weighted by atomic mass is 9.89. The number of ketones is 1. The molecule has 138 valence electrons. The summed E-state index contributed by atoms with van der Waals surface area (Å²) in [6, 6.07) is 13.2. The van der Waals surface area contributed by atoms with Crippen LogP contribution in [0, 0.1) is 0 Å². The van der Waals surface area contributed by atoms with Gasteiger partial charge in [-0.2, -0.15) is 0 Å². The van der Waals surface area contributed by atoms with E-state index in [0.29, 0.717) is 32.5 Å². The van der Waals surface area contributed by atoms with Gasteiger partial charge in [0.05, 0.1) is 18.7 Å². The summed E-state index contributed by atoms with van der Waals surface area (Å²) in [6.45, 7) is 1.81. The lowest BCUT2D eigenvalue weighted by Crippen LogP contribution is -2.44. The molecule has 27 heavy (non-hydrogen) atoms. The molecule has 0 spiro atoms. The maximum Gasteiger partial charge on any atom is 0.337 e. The van der Waals surface area contributed by atoms with Crippen molar-refractivity contribution in [3.8, 4) is 0 Å². The molecule has 2 aromatic carbocycles. The van der Waals surface area contributed by atoms with Crippen LogP contribution in [0.3, 0.4) is 0 Å². The number of thiocarbonyl (C=S) groups is 1. The minimum atomic E-state index is -0.436. The summed E-state index contributed by atoms with van der Waals surface area (Å²) in [6.07, 6.45) is 0. The number of halogens is 1. The molecule has 2 aromatic rings. The maximum atomic E-state index is 13.1. The largest absolute Gasteiger partial charge is 0.465 e. The Morgan fingerprint density at radius 2 is 1.63 bits per heavy atom. The van der Waals surface area contributed by atoms with E-state index in [1.54, 1.807) is 48.5 Å². The van der Waals surface area contributed by atoms with Crippen molar-refractivity contribution in [2.24, 2.45) is 0 Å². The van der Waals surface area contributed by atoms with Crippen LogP contribution in [0.2, 0.25) is 5.02 Å². The molecule has 1 aliphatic rings. The second kappa shape index (κ2) is 7.90. The van der Waals surface area contributed by atoms with E-state index in [0.717, 1.165) is 5.56 Å². The number of carbonyl (C=O) groups is 2. The molecule has 0 amide bonds. The Morgan fingerprint density at radius 3 is 2.22 bits per heavy atom. The average Bonchev–Trinajstić information content (AvgIpc) is 2.67. The first-order chi connectivity index (χ1) is 12.9. The fourth-order valence-electron chi connectivity index (χ4n) is 2.93. The van der Waals surface area contributed by atoms with Crippen molar-refractivity contribution in [3.63, 3.8) is 0 Å². The SMILES string of the molecule is COC(=O)c1ccc([C@@H]2NC(=S)NC(C)=C2C(=O)c2ccc(Cl)cc2)cc1. The Labute approximate surface area is 167 Å². The van der Waals surface area contributed by atoms with Gasteiger partial charge in [-0.3, -0.25) is 4.79 Å². The van der Waals surface area contributed by atoms with Crippen LogP contribution in [-0.4, -0.2) is 24.0 Å². The molecular formula is C20H17ClN2O3S. The van der Waals surface area contributed by atoms with Gasteiger partial charge in [-0.25, -0.2) is 4.79 Å². The minimum absolute atomic E-state index is 0.131. The lowest BCUT2D eigenvalue weighted by Gasteiger charge is -2.30. The summed E-state index contributed by atoms with van der Waals surface area (Å²) in [4.78, 5) is 24.8. The number of carbonyl (C=O) groups excluding carboxylic acids is 2. The molecule has 0 radical (unpaired) electrons. The first-order valence-corrected chi connectivity index (χ1v) is 8.96. The summed E-state index contributed by atoms with van der Waals surface area (Å²) in [7, 11) is 1.33. The molecule has 5 nitrogen and oxygen atoms in total. The van der Waals surface area contributed by atoms with Crippen molar-refractivity contribution >= 4 is 40.7 Å². The third-order valence-corrected chi connectivity index (χ3v) is 4.76. The molecule has 0 aliphatic carbocycles. The first-order valence-electron chi connectivity index (χ1n) is 8.17. The zero-order chi connectivity index (χ0) is 19.6. The molecule has 0 saturated carbocycles. The van der Waals surface area contributed by atoms with Gasteiger partial charge in [-0.05, 0) is 61.1 Å². The van der Waals surface area contributed by atoms with Crippen LogP contribution in [0.1, 0.15) is 39.2 Å². The quantitative estimate of drug-likeness (QED) is 0.462. The fourth-order valence-corrected chi connectivity index (χ4v) is 3.33. The van der Waals surface area contributed by atoms with Crippen LogP contribution in [0.4, 0.5) is 0 Å². The summed E-state index contributed by atoms with van der Waals surface area (Å²) in [5, 5.41) is 7.14. The van der Waals surface area contributed by atoms with Gasteiger partial charge in [0.2, 0.25) is 0 Å². The maximum absolute atomic E-state index is 13.1. The Bertz CT molecular complexity index is 937. The molecule has 7 heteroatoms. The second-order valence-electron chi connectivity index (χ2n) is 6.02. The Kier molecular flexibility index (Phi) is 5.58. The molecule has 1 aliphatic heterocycles. The Hall–Kier alpha value is -2.70. The van der Waals surface area contributed by atoms with E-state index in [1.807, 2.05) is 6.92 Å². The normalized spacial score (nSPS) is 16.4. The van der Waals surface area contributed by atoms with Crippen molar-refractivity contribution in [1.82, 2.24) is 10.6 Å². The number of esters is 1. The highest BCUT2D eigenvalue weighted by Crippen LogP contribution is 2.30. The highest BCUT2D eigenvalue weighted by atomic mass is 35.5. The zero-order valence-corrected chi connectivity index (χ0v) is 16.3. The van der Waals surface area contributed by atoms with Gasteiger partial charge in [0.1, 0.15) is 0 Å². The fraction of sp³-hybridized carbons (Fsp3) is 0.150. The van der Waals surface area contributed by atoms with Crippen LogP contribution in [-0.2, 0) is 4.74 Å². The molecule has 1 heterocycles. The molecule has 1 atom stereocenters. The third-order valence-electron chi connectivity index (χ3n) is 4.29. The van der Waals surface area contributed by atoms with Crippen LogP contribution < -0.4 is 10.6 Å². The topological polar surface area (TPSA) is 67.4 Å². The van der Waals surface area contributed by atoms with Crippen molar-refractivity contribution < 1.29 is 14.3 Å². The van der Waals surface area contributed by atoms with Crippen LogP contribution >= 0.6 is 23.8 Å². The van der Waals surface area contributed by atoms with E-state index in [2.05, 4.69) is 10.6 Å². The molecule has 0 bridgehead atoms. The zero-order valence-electron chi connectivity index (χ0n) is 14.7. The summed E-state index contributed by atoms with van der Waals surface area (Å²) in [5.74, 6) is -0.548. The van der Waals surface area contributed by atoms with E-state index in [4.69, 9.17) is 28.6 Å². The van der Waals surface area contributed by atoms with E-state index in [1.165, 1.54) is 7.11 Å². The van der Waals surface area contributed by atoms with Gasteiger partial charge < -0.3 is 15.4 Å². The Morgan fingerprint density at radius 1 is 1.04 bits per heavy atom. The Balaban J connectivity index is 2.00. The molecule has 0 saturated heterocycles. The van der Waals surface area contributed by atoms with Crippen LogP contribution in [0.5, 0.6) is 0 Å². The van der Waals surface area contributed by atoms with E-state index in [-0.39, 0.29) is 5.78 Å². The molecule has 2 N–H and O–H groups in total. The highest BCUT2D eigenvalue weighted by Gasteiger charge is 2.30. The summed E-state index contributed by atoms with van der Waals surface area (Å²) in [5.41, 5.74) is 3.01. The van der Waals surface area contributed by atoms with E-state index >= 15 is 0 Å². The number of allylic oxidation sites excluding steroid dienone is 1. The lowest BCUT2D eigenvalue weighted by molar-refractivity contribution is 0.0600. The van der Waals surface area contributed by atoms with Gasteiger partial charge in [0.15, 0.2) is 10.9 Å². The number of rotatable bonds is 4. The van der Waals surface area contributed by atoms with Crippen molar-refractivity contribution in [3.05, 3.63) is 81.5 Å². The number of hydrogen-bond donors (Lipinski definition) is 2. The van der Waals surface area contributed by atoms with Gasteiger partial charge >= 0.3 is 5.97 Å². The van der Waals surface area contributed by atoms with Gasteiger partial charge in [0.25, 0.3) is 0 Å². The third kappa shape index (κ3) is 4.02.